The maximum atomic E-state index is 11.9. The van der Waals surface area contributed by atoms with Crippen molar-refractivity contribution in [1.82, 2.24) is 14.8 Å². The van der Waals surface area contributed by atoms with Gasteiger partial charge in [0, 0.05) is 11.9 Å². The normalized spacial score (nSPS) is 10.8. The molecular weight excluding hydrogens is 274 g/mol. The van der Waals surface area contributed by atoms with E-state index in [2.05, 4.69) is 15.4 Å². The summed E-state index contributed by atoms with van der Waals surface area (Å²) in [6, 6.07) is 7.33. The van der Waals surface area contributed by atoms with Gasteiger partial charge in [-0.25, -0.2) is 4.98 Å². The molecule has 3 rings (SSSR count). The second-order valence-corrected chi connectivity index (χ2v) is 5.64. The Balaban J connectivity index is 1.73. The predicted octanol–water partition coefficient (Wildman–Crippen LogP) is 2.02. The average molecular weight is 287 g/mol. The Morgan fingerprint density at radius 2 is 2.30 bits per heavy atom. The van der Waals surface area contributed by atoms with Crippen molar-refractivity contribution in [3.05, 3.63) is 35.5 Å². The van der Waals surface area contributed by atoms with Crippen LogP contribution in [0.4, 0.5) is 11.5 Å². The van der Waals surface area contributed by atoms with Gasteiger partial charge in [0.05, 0.1) is 15.2 Å². The third kappa shape index (κ3) is 2.62. The lowest BCUT2D eigenvalue weighted by Gasteiger charge is -2.05. The summed E-state index contributed by atoms with van der Waals surface area (Å²) in [5.41, 5.74) is 7.21. The number of hydrogen-bond donors (Lipinski definition) is 2. The van der Waals surface area contributed by atoms with E-state index in [4.69, 9.17) is 5.73 Å². The number of fused-ring (bicyclic) bond motifs is 1. The Morgan fingerprint density at radius 1 is 1.45 bits per heavy atom. The summed E-state index contributed by atoms with van der Waals surface area (Å²) >= 11 is 1.60. The van der Waals surface area contributed by atoms with Crippen LogP contribution in [0.2, 0.25) is 0 Å². The number of hydrogen-bond acceptors (Lipinski definition) is 5. The molecule has 1 aromatic carbocycles. The van der Waals surface area contributed by atoms with Crippen LogP contribution in [0, 0.1) is 6.92 Å². The Hall–Kier alpha value is -2.41. The molecule has 6 nitrogen and oxygen atoms in total. The van der Waals surface area contributed by atoms with Crippen molar-refractivity contribution in [2.75, 3.05) is 11.1 Å². The van der Waals surface area contributed by atoms with Crippen molar-refractivity contribution in [2.24, 2.45) is 0 Å². The van der Waals surface area contributed by atoms with Crippen molar-refractivity contribution < 1.29 is 4.79 Å². The highest BCUT2D eigenvalue weighted by Gasteiger charge is 2.06. The maximum absolute atomic E-state index is 11.9. The highest BCUT2D eigenvalue weighted by molar-refractivity contribution is 7.18. The number of nitrogens with two attached hydrogens (primary N) is 1. The van der Waals surface area contributed by atoms with E-state index in [0.717, 1.165) is 20.9 Å². The summed E-state index contributed by atoms with van der Waals surface area (Å²) in [4.78, 5) is 16.3. The topological polar surface area (TPSA) is 85.8 Å². The van der Waals surface area contributed by atoms with Crippen molar-refractivity contribution >= 4 is 39.0 Å². The summed E-state index contributed by atoms with van der Waals surface area (Å²) in [6.07, 6.45) is 1.67. The molecule has 0 unspecified atom stereocenters. The fourth-order valence-corrected chi connectivity index (χ4v) is 2.80. The first-order chi connectivity index (χ1) is 9.60. The third-order valence-corrected chi connectivity index (χ3v) is 3.68. The molecule has 0 saturated heterocycles. The van der Waals surface area contributed by atoms with E-state index in [0.29, 0.717) is 5.82 Å². The Labute approximate surface area is 119 Å². The van der Waals surface area contributed by atoms with Crippen LogP contribution in [-0.2, 0) is 11.3 Å². The van der Waals surface area contributed by atoms with Crippen LogP contribution in [0.3, 0.4) is 0 Å². The van der Waals surface area contributed by atoms with Gasteiger partial charge in [0.15, 0.2) is 0 Å². The largest absolute Gasteiger partial charge is 0.382 e. The lowest BCUT2D eigenvalue weighted by Crippen LogP contribution is -2.19. The molecule has 0 fully saturated rings. The number of anilines is 2. The van der Waals surface area contributed by atoms with Gasteiger partial charge in [0.25, 0.3) is 0 Å². The molecule has 7 heteroatoms. The Morgan fingerprint density at radius 3 is 3.05 bits per heavy atom. The number of thiazole rings is 1. The first kappa shape index (κ1) is 12.6. The molecule has 0 bridgehead atoms. The molecule has 3 aromatic rings. The summed E-state index contributed by atoms with van der Waals surface area (Å²) in [5.74, 6) is 0.257. The molecular formula is C13H13N5OS. The monoisotopic (exact) mass is 287 g/mol. The van der Waals surface area contributed by atoms with Gasteiger partial charge in [-0.05, 0) is 31.2 Å². The number of aromatic nitrogens is 3. The number of nitrogens with zero attached hydrogens (tertiary/aromatic N) is 3. The van der Waals surface area contributed by atoms with E-state index in [9.17, 15) is 4.79 Å². The number of carbonyl (C=O) groups excluding carboxylic acids is 1. The average Bonchev–Trinajstić information content (AvgIpc) is 2.93. The molecule has 0 aliphatic carbocycles. The van der Waals surface area contributed by atoms with Crippen molar-refractivity contribution in [2.45, 2.75) is 13.5 Å². The molecule has 0 saturated carbocycles. The smallest absolute Gasteiger partial charge is 0.246 e. The minimum atomic E-state index is -0.145. The molecule has 1 amide bonds. The van der Waals surface area contributed by atoms with E-state index in [-0.39, 0.29) is 12.5 Å². The van der Waals surface area contributed by atoms with Crippen LogP contribution in [0.1, 0.15) is 5.01 Å². The molecule has 0 atom stereocenters. The quantitative estimate of drug-likeness (QED) is 0.771. The van der Waals surface area contributed by atoms with Crippen LogP contribution >= 0.6 is 11.3 Å². The van der Waals surface area contributed by atoms with Crippen LogP contribution in [0.25, 0.3) is 10.2 Å². The third-order valence-electron chi connectivity index (χ3n) is 2.75. The van der Waals surface area contributed by atoms with E-state index in [1.54, 1.807) is 23.6 Å². The van der Waals surface area contributed by atoms with Gasteiger partial charge < -0.3 is 11.1 Å². The first-order valence-corrected chi connectivity index (χ1v) is 6.88. The van der Waals surface area contributed by atoms with E-state index in [1.807, 2.05) is 25.1 Å². The van der Waals surface area contributed by atoms with E-state index < -0.39 is 0 Å². The zero-order valence-corrected chi connectivity index (χ0v) is 11.6. The molecule has 2 heterocycles. The second-order valence-electron chi connectivity index (χ2n) is 4.40. The molecule has 20 heavy (non-hydrogen) atoms. The van der Waals surface area contributed by atoms with Crippen molar-refractivity contribution in [1.29, 1.82) is 0 Å². The van der Waals surface area contributed by atoms with Crippen molar-refractivity contribution in [3.63, 3.8) is 0 Å². The molecule has 0 radical (unpaired) electrons. The summed E-state index contributed by atoms with van der Waals surface area (Å²) in [5, 5.41) is 7.82. The van der Waals surface area contributed by atoms with Crippen LogP contribution < -0.4 is 11.1 Å². The predicted molar refractivity (Wildman–Crippen MR) is 79.6 cm³/mol. The number of amides is 1. The van der Waals surface area contributed by atoms with Gasteiger partial charge >= 0.3 is 0 Å². The first-order valence-electron chi connectivity index (χ1n) is 6.06. The van der Waals surface area contributed by atoms with E-state index >= 15 is 0 Å². The van der Waals surface area contributed by atoms with Gasteiger partial charge in [0.1, 0.15) is 12.4 Å². The van der Waals surface area contributed by atoms with Gasteiger partial charge in [-0.15, -0.1) is 11.3 Å². The number of nitrogens with one attached hydrogen (secondary N) is 1. The van der Waals surface area contributed by atoms with E-state index in [1.165, 1.54) is 4.68 Å². The second kappa shape index (κ2) is 4.93. The fraction of sp³-hybridized carbons (Fsp3) is 0.154. The number of benzene rings is 1. The number of nitrogen functional groups attached to an aromatic ring is 1. The van der Waals surface area contributed by atoms with Crippen molar-refractivity contribution in [3.8, 4) is 0 Å². The number of carbonyl (C=O) groups is 1. The summed E-state index contributed by atoms with van der Waals surface area (Å²) < 4.78 is 2.56. The highest BCUT2D eigenvalue weighted by Crippen LogP contribution is 2.24. The SMILES string of the molecule is Cc1nc2ccc(NC(=O)Cn3ccc(N)n3)cc2s1. The van der Waals surface area contributed by atoms with Gasteiger partial charge in [-0.3, -0.25) is 9.48 Å². The number of aryl methyl sites for hydroxylation is 1. The molecule has 0 spiro atoms. The Kier molecular flexibility index (Phi) is 3.11. The lowest BCUT2D eigenvalue weighted by atomic mass is 10.3. The maximum Gasteiger partial charge on any atom is 0.246 e. The van der Waals surface area contributed by atoms with Crippen LogP contribution in [0.5, 0.6) is 0 Å². The molecule has 3 N–H and O–H groups in total. The standard InChI is InChI=1S/C13H13N5OS/c1-8-15-10-3-2-9(6-11(10)20-8)16-13(19)7-18-5-4-12(14)17-18/h2-6H,7H2,1H3,(H2,14,17)(H,16,19). The van der Waals surface area contributed by atoms with Crippen LogP contribution in [0.15, 0.2) is 30.5 Å². The van der Waals surface area contributed by atoms with Gasteiger partial charge in [-0.1, -0.05) is 0 Å². The Bertz CT molecular complexity index is 776. The summed E-state index contributed by atoms with van der Waals surface area (Å²) in [7, 11) is 0. The van der Waals surface area contributed by atoms with Gasteiger partial charge in [-0.2, -0.15) is 5.10 Å². The molecule has 102 valence electrons. The summed E-state index contributed by atoms with van der Waals surface area (Å²) in [6.45, 7) is 2.10. The lowest BCUT2D eigenvalue weighted by molar-refractivity contribution is -0.116. The zero-order chi connectivity index (χ0) is 14.1. The minimum Gasteiger partial charge on any atom is -0.382 e. The highest BCUT2D eigenvalue weighted by atomic mass is 32.1. The molecule has 0 aliphatic heterocycles. The molecule has 0 aliphatic rings. The van der Waals surface area contributed by atoms with Crippen LogP contribution in [-0.4, -0.2) is 20.7 Å². The van der Waals surface area contributed by atoms with Gasteiger partial charge in [0.2, 0.25) is 5.91 Å². The number of rotatable bonds is 3. The fourth-order valence-electron chi connectivity index (χ4n) is 1.93. The molecule has 2 aromatic heterocycles. The minimum absolute atomic E-state index is 0.136. The zero-order valence-electron chi connectivity index (χ0n) is 10.8.